The fraction of sp³-hybridized carbons (Fsp3) is 0.667. The van der Waals surface area contributed by atoms with E-state index in [1.807, 2.05) is 6.07 Å². The highest BCUT2D eigenvalue weighted by Gasteiger charge is 2.30. The van der Waals surface area contributed by atoms with Crippen LogP contribution < -0.4 is 10.0 Å². The van der Waals surface area contributed by atoms with Gasteiger partial charge in [-0.05, 0) is 81.0 Å². The zero-order valence-electron chi connectivity index (χ0n) is 16.8. The molecule has 0 saturated heterocycles. The van der Waals surface area contributed by atoms with Crippen LogP contribution in [0.15, 0.2) is 18.2 Å². The largest absolute Gasteiger partial charge is 0.326 e. The van der Waals surface area contributed by atoms with E-state index in [-0.39, 0.29) is 17.9 Å². The van der Waals surface area contributed by atoms with Crippen molar-refractivity contribution in [2.24, 2.45) is 11.8 Å². The summed E-state index contributed by atoms with van der Waals surface area (Å²) < 4.78 is 26.8. The number of hydrogen-bond donors (Lipinski definition) is 2. The molecule has 5 nitrogen and oxygen atoms in total. The molecule has 0 aromatic heterocycles. The van der Waals surface area contributed by atoms with Gasteiger partial charge in [-0.3, -0.25) is 4.79 Å². The van der Waals surface area contributed by atoms with Gasteiger partial charge >= 0.3 is 0 Å². The number of rotatable bonds is 5. The van der Waals surface area contributed by atoms with Gasteiger partial charge < -0.3 is 5.32 Å². The SMILES string of the molecule is CC1Cc2cc(NC(=O)[C@H]3CC[C@H](NS(=O)(=O)C(C)C)CC3)ccc2C1C. The van der Waals surface area contributed by atoms with E-state index < -0.39 is 15.3 Å². The molecule has 1 amide bonds. The average Bonchev–Trinajstić information content (AvgIpc) is 2.89. The van der Waals surface area contributed by atoms with Gasteiger partial charge in [0.25, 0.3) is 0 Å². The predicted molar refractivity (Wildman–Crippen MR) is 109 cm³/mol. The molecule has 27 heavy (non-hydrogen) atoms. The zero-order valence-corrected chi connectivity index (χ0v) is 17.6. The Morgan fingerprint density at radius 2 is 1.78 bits per heavy atom. The first-order valence-electron chi connectivity index (χ1n) is 10.1. The van der Waals surface area contributed by atoms with Crippen LogP contribution in [0, 0.1) is 11.8 Å². The van der Waals surface area contributed by atoms with Crippen LogP contribution in [0.5, 0.6) is 0 Å². The second kappa shape index (κ2) is 7.92. The molecule has 3 rings (SSSR count). The van der Waals surface area contributed by atoms with Crippen LogP contribution in [-0.2, 0) is 21.2 Å². The molecule has 1 fully saturated rings. The highest BCUT2D eigenvalue weighted by Crippen LogP contribution is 2.38. The van der Waals surface area contributed by atoms with Gasteiger partial charge in [-0.2, -0.15) is 0 Å². The number of sulfonamides is 1. The summed E-state index contributed by atoms with van der Waals surface area (Å²) in [7, 11) is -3.25. The summed E-state index contributed by atoms with van der Waals surface area (Å²) in [4.78, 5) is 12.6. The molecule has 2 aliphatic carbocycles. The molecule has 0 spiro atoms. The number of fused-ring (bicyclic) bond motifs is 1. The molecule has 0 heterocycles. The minimum Gasteiger partial charge on any atom is -0.326 e. The summed E-state index contributed by atoms with van der Waals surface area (Å²) in [5.41, 5.74) is 3.63. The summed E-state index contributed by atoms with van der Waals surface area (Å²) in [5, 5.41) is 2.65. The molecular formula is C21H32N2O3S. The van der Waals surface area contributed by atoms with E-state index in [1.54, 1.807) is 13.8 Å². The van der Waals surface area contributed by atoms with Crippen molar-refractivity contribution in [3.63, 3.8) is 0 Å². The van der Waals surface area contributed by atoms with E-state index >= 15 is 0 Å². The predicted octanol–water partition coefficient (Wildman–Crippen LogP) is 3.81. The molecule has 0 aliphatic heterocycles. The average molecular weight is 393 g/mol. The normalized spacial score (nSPS) is 28.2. The number of anilines is 1. The number of nitrogens with one attached hydrogen (secondary N) is 2. The lowest BCUT2D eigenvalue weighted by molar-refractivity contribution is -0.120. The van der Waals surface area contributed by atoms with Crippen molar-refractivity contribution in [2.75, 3.05) is 5.32 Å². The van der Waals surface area contributed by atoms with Gasteiger partial charge in [0.1, 0.15) is 0 Å². The molecule has 2 atom stereocenters. The maximum atomic E-state index is 12.6. The monoisotopic (exact) mass is 392 g/mol. The van der Waals surface area contributed by atoms with Crippen LogP contribution in [-0.4, -0.2) is 25.6 Å². The minimum atomic E-state index is -3.25. The smallest absolute Gasteiger partial charge is 0.227 e. The van der Waals surface area contributed by atoms with E-state index in [4.69, 9.17) is 0 Å². The van der Waals surface area contributed by atoms with Crippen molar-refractivity contribution in [1.29, 1.82) is 0 Å². The summed E-state index contributed by atoms with van der Waals surface area (Å²) >= 11 is 0. The second-order valence-corrected chi connectivity index (χ2v) is 10.9. The van der Waals surface area contributed by atoms with Gasteiger partial charge in [-0.15, -0.1) is 0 Å². The molecular weight excluding hydrogens is 360 g/mol. The van der Waals surface area contributed by atoms with Gasteiger partial charge in [0.05, 0.1) is 5.25 Å². The lowest BCUT2D eigenvalue weighted by atomic mass is 9.86. The molecule has 150 valence electrons. The molecule has 2 unspecified atom stereocenters. The van der Waals surface area contributed by atoms with Crippen LogP contribution in [0.1, 0.15) is 70.4 Å². The fourth-order valence-corrected chi connectivity index (χ4v) is 5.19. The maximum absolute atomic E-state index is 12.6. The lowest BCUT2D eigenvalue weighted by Gasteiger charge is -2.28. The lowest BCUT2D eigenvalue weighted by Crippen LogP contribution is -2.42. The van der Waals surface area contributed by atoms with Crippen molar-refractivity contribution in [1.82, 2.24) is 4.72 Å². The third-order valence-electron chi connectivity index (χ3n) is 6.35. The Labute approximate surface area is 163 Å². The molecule has 1 aromatic carbocycles. The minimum absolute atomic E-state index is 0.0455. The number of benzene rings is 1. The van der Waals surface area contributed by atoms with E-state index in [0.29, 0.717) is 24.7 Å². The summed E-state index contributed by atoms with van der Waals surface area (Å²) in [6.45, 7) is 7.90. The second-order valence-electron chi connectivity index (χ2n) is 8.63. The molecule has 2 aliphatic rings. The molecule has 1 aromatic rings. The summed E-state index contributed by atoms with van der Waals surface area (Å²) in [6, 6.07) is 6.23. The van der Waals surface area contributed by atoms with Crippen molar-refractivity contribution < 1.29 is 13.2 Å². The van der Waals surface area contributed by atoms with Crippen LogP contribution in [0.2, 0.25) is 0 Å². The summed E-state index contributed by atoms with van der Waals surface area (Å²) in [6.07, 6.45) is 3.93. The van der Waals surface area contributed by atoms with Crippen LogP contribution in [0.25, 0.3) is 0 Å². The van der Waals surface area contributed by atoms with Gasteiger partial charge in [-0.25, -0.2) is 13.1 Å². The Hall–Kier alpha value is -1.40. The zero-order chi connectivity index (χ0) is 19.8. The molecule has 2 N–H and O–H groups in total. The molecule has 0 radical (unpaired) electrons. The first-order valence-corrected chi connectivity index (χ1v) is 11.7. The van der Waals surface area contributed by atoms with Gasteiger partial charge in [-0.1, -0.05) is 19.9 Å². The van der Waals surface area contributed by atoms with E-state index in [9.17, 15) is 13.2 Å². The van der Waals surface area contributed by atoms with Crippen molar-refractivity contribution >= 4 is 21.6 Å². The van der Waals surface area contributed by atoms with Gasteiger partial charge in [0.2, 0.25) is 15.9 Å². The highest BCUT2D eigenvalue weighted by atomic mass is 32.2. The molecule has 1 saturated carbocycles. The maximum Gasteiger partial charge on any atom is 0.227 e. The number of carbonyl (C=O) groups excluding carboxylic acids is 1. The topological polar surface area (TPSA) is 75.3 Å². The van der Waals surface area contributed by atoms with Crippen LogP contribution >= 0.6 is 0 Å². The van der Waals surface area contributed by atoms with E-state index in [1.165, 1.54) is 11.1 Å². The van der Waals surface area contributed by atoms with Crippen LogP contribution in [0.4, 0.5) is 5.69 Å². The van der Waals surface area contributed by atoms with Gasteiger partial charge in [0, 0.05) is 17.6 Å². The number of amides is 1. The first kappa shape index (κ1) is 20.3. The molecule has 0 bridgehead atoms. The van der Waals surface area contributed by atoms with Crippen LogP contribution in [0.3, 0.4) is 0 Å². The van der Waals surface area contributed by atoms with Crippen molar-refractivity contribution in [3.8, 4) is 0 Å². The Kier molecular flexibility index (Phi) is 5.96. The van der Waals surface area contributed by atoms with E-state index in [0.717, 1.165) is 24.9 Å². The summed E-state index contributed by atoms with van der Waals surface area (Å²) in [5.74, 6) is 1.24. The molecule has 6 heteroatoms. The standard InChI is InChI=1S/C21H32N2O3S/c1-13(2)27(25,26)23-18-7-5-16(6-8-18)21(24)22-19-9-10-20-15(4)14(3)11-17(20)12-19/h9-10,12-16,18,23H,5-8,11H2,1-4H3,(H,22,24)/t14?,15?,16-,18-. The Morgan fingerprint density at radius 3 is 2.41 bits per heavy atom. The quantitative estimate of drug-likeness (QED) is 0.800. The van der Waals surface area contributed by atoms with Crippen molar-refractivity contribution in [2.45, 2.75) is 77.0 Å². The highest BCUT2D eigenvalue weighted by molar-refractivity contribution is 7.90. The number of carbonyl (C=O) groups is 1. The third kappa shape index (κ3) is 4.54. The van der Waals surface area contributed by atoms with Crippen molar-refractivity contribution in [3.05, 3.63) is 29.3 Å². The Morgan fingerprint density at radius 1 is 1.11 bits per heavy atom. The van der Waals surface area contributed by atoms with E-state index in [2.05, 4.69) is 36.0 Å². The van der Waals surface area contributed by atoms with Gasteiger partial charge in [0.15, 0.2) is 0 Å². The Balaban J connectivity index is 1.54. The Bertz CT molecular complexity index is 796. The number of hydrogen-bond acceptors (Lipinski definition) is 3. The third-order valence-corrected chi connectivity index (χ3v) is 8.25. The first-order chi connectivity index (χ1) is 12.7. The fourth-order valence-electron chi connectivity index (χ4n) is 4.22.